The van der Waals surface area contributed by atoms with Crippen LogP contribution in [-0.2, 0) is 47.6 Å². The zero-order valence-electron chi connectivity index (χ0n) is 43.6. The summed E-state index contributed by atoms with van der Waals surface area (Å²) in [4.78, 5) is 62.9. The van der Waals surface area contributed by atoms with E-state index in [1.54, 1.807) is 0 Å². The van der Waals surface area contributed by atoms with E-state index in [2.05, 4.69) is 32.7 Å². The molecule has 1 saturated heterocycles. The van der Waals surface area contributed by atoms with Crippen LogP contribution in [0.2, 0.25) is 0 Å². The Kier molecular flexibility index (Phi) is 42.2. The highest BCUT2D eigenvalue weighted by atomic mass is 16.7. The molecule has 1 aliphatic heterocycles. The zero-order chi connectivity index (χ0) is 48.8. The second-order valence-corrected chi connectivity index (χ2v) is 19.5. The summed E-state index contributed by atoms with van der Waals surface area (Å²) >= 11 is 0. The molecular weight excluding hydrogens is 851 g/mol. The van der Waals surface area contributed by atoms with Crippen LogP contribution >= 0.6 is 0 Å². The Labute approximate surface area is 409 Å². The van der Waals surface area contributed by atoms with Crippen molar-refractivity contribution in [2.24, 2.45) is 5.92 Å². The lowest BCUT2D eigenvalue weighted by Gasteiger charge is -2.18. The van der Waals surface area contributed by atoms with Crippen LogP contribution in [0.1, 0.15) is 258 Å². The number of ether oxygens (including phenoxy) is 6. The third-order valence-corrected chi connectivity index (χ3v) is 13.1. The first kappa shape index (κ1) is 62.1. The predicted molar refractivity (Wildman–Crippen MR) is 269 cm³/mol. The fourth-order valence-electron chi connectivity index (χ4n) is 8.66. The van der Waals surface area contributed by atoms with Gasteiger partial charge in [-0.05, 0) is 84.2 Å². The van der Waals surface area contributed by atoms with E-state index in [9.17, 15) is 24.0 Å². The number of likely N-dealkylation sites (tertiary alicyclic amines) is 1. The van der Waals surface area contributed by atoms with Gasteiger partial charge in [0.1, 0.15) is 19.3 Å². The molecule has 12 heteroatoms. The van der Waals surface area contributed by atoms with Gasteiger partial charge in [-0.15, -0.1) is 0 Å². The number of unbranched alkanes of at least 4 members (excludes halogenated alkanes) is 23. The molecule has 0 bridgehead atoms. The number of esters is 4. The highest BCUT2D eigenvalue weighted by molar-refractivity contribution is 5.70. The maximum absolute atomic E-state index is 12.8. The van der Waals surface area contributed by atoms with Crippen molar-refractivity contribution in [3.8, 4) is 0 Å². The Morgan fingerprint density at radius 2 is 0.881 bits per heavy atom. The van der Waals surface area contributed by atoms with E-state index in [1.807, 2.05) is 0 Å². The van der Waals surface area contributed by atoms with Crippen LogP contribution < -0.4 is 0 Å². The summed E-state index contributed by atoms with van der Waals surface area (Å²) in [5, 5.41) is 0. The molecule has 1 rings (SSSR count). The molecule has 67 heavy (non-hydrogen) atoms. The number of hydrogen-bond donors (Lipinski definition) is 0. The molecule has 0 aliphatic carbocycles. The van der Waals surface area contributed by atoms with Crippen molar-refractivity contribution in [2.75, 3.05) is 46.6 Å². The molecule has 1 N–H and O–H groups in total. The third kappa shape index (κ3) is 39.6. The molecule has 12 nitrogen and oxygen atoms in total. The summed E-state index contributed by atoms with van der Waals surface area (Å²) in [6, 6.07) is 0.415. The van der Waals surface area contributed by atoms with Crippen molar-refractivity contribution in [3.05, 3.63) is 0 Å². The lowest BCUT2D eigenvalue weighted by atomic mass is 10.0. The van der Waals surface area contributed by atoms with E-state index >= 15 is 0 Å². The average molecular weight is 953 g/mol. The lowest BCUT2D eigenvalue weighted by Crippen LogP contribution is -2.28. The van der Waals surface area contributed by atoms with E-state index in [1.165, 1.54) is 103 Å². The number of rotatable bonds is 47. The van der Waals surface area contributed by atoms with Crippen molar-refractivity contribution in [1.29, 1.82) is 0 Å². The Morgan fingerprint density at radius 3 is 1.36 bits per heavy atom. The fourth-order valence-corrected chi connectivity index (χ4v) is 8.66. The summed E-state index contributed by atoms with van der Waals surface area (Å²) in [6.45, 7) is 8.44. The average Bonchev–Trinajstić information content (AvgIpc) is 3.73. The van der Waals surface area contributed by atoms with Crippen molar-refractivity contribution in [2.45, 2.75) is 270 Å². The van der Waals surface area contributed by atoms with Gasteiger partial charge in [-0.2, -0.15) is 0 Å². The monoisotopic (exact) mass is 953 g/mol. The molecule has 1 fully saturated rings. The van der Waals surface area contributed by atoms with Gasteiger partial charge in [0.15, 0.2) is 13.2 Å². The largest absolute Gasteiger partial charge is 0.712 e. The molecule has 0 aromatic heterocycles. The van der Waals surface area contributed by atoms with Gasteiger partial charge in [0.2, 0.25) is 0 Å². The molecule has 392 valence electrons. The minimum Gasteiger partial charge on any atom is -0.466 e. The number of nitrogens with zero attached hydrogens (tertiary/aromatic N) is 1. The molecule has 0 aromatic rings. The lowest BCUT2D eigenvalue weighted by molar-refractivity contribution is -0.151. The first-order chi connectivity index (χ1) is 32.7. The van der Waals surface area contributed by atoms with Crippen LogP contribution in [0.4, 0.5) is 0 Å². The fraction of sp³-hybridized carbons (Fsp3) is 0.909. The third-order valence-electron chi connectivity index (χ3n) is 13.1. The topological polar surface area (TPSA) is 148 Å². The van der Waals surface area contributed by atoms with Crippen LogP contribution in [0.5, 0.6) is 0 Å². The van der Waals surface area contributed by atoms with E-state index in [-0.39, 0.29) is 62.6 Å². The van der Waals surface area contributed by atoms with Gasteiger partial charge < -0.3 is 38.1 Å². The molecule has 0 amide bonds. The Morgan fingerprint density at radius 1 is 0.478 bits per heavy atom. The second kappa shape index (κ2) is 45.5. The van der Waals surface area contributed by atoms with E-state index in [4.69, 9.17) is 28.4 Å². The minimum absolute atomic E-state index is 0.00464. The number of carbonyl (C=O) groups is 4. The SMILES string of the molecule is CCCCCCCCCCOC(=O)CCCCCCCC(=O)OCC(COC(=O)CCCCCC(=O)OC(CCCCCCCC)CCCCCCCC)COC(=[OH+])OCCC1CCCN1C. The number of hydrogen-bond acceptors (Lipinski definition) is 11. The van der Waals surface area contributed by atoms with Crippen LogP contribution in [0, 0.1) is 5.92 Å². The number of carbonyl (C=O) groups excluding carboxylic acids is 5. The standard InChI is InChI=1S/C55H101NO11/c1-5-8-11-14-17-18-24-32-43-62-51(57)37-28-22-19-23-29-38-52(58)64-45-48(47-66-55(61)63-44-41-49-34-33-42-56(49)4)46-65-53(59)39-30-25-31-40-54(60)67-50(35-26-20-15-12-9-6-2)36-27-21-16-13-10-7-3/h48-50H,5-47H2,1-4H3/p+1. The summed E-state index contributed by atoms with van der Waals surface area (Å²) in [5.74, 6) is -1.50. The molecule has 2 unspecified atom stereocenters. The maximum Gasteiger partial charge on any atom is 0.712 e. The molecule has 0 saturated carbocycles. The van der Waals surface area contributed by atoms with Crippen molar-refractivity contribution >= 4 is 30.0 Å². The Hall–Kier alpha value is -2.89. The second-order valence-electron chi connectivity index (χ2n) is 19.5. The predicted octanol–water partition coefficient (Wildman–Crippen LogP) is 13.4. The van der Waals surface area contributed by atoms with E-state index < -0.39 is 12.1 Å². The Bertz CT molecular complexity index is 1200. The van der Waals surface area contributed by atoms with Gasteiger partial charge >= 0.3 is 30.0 Å². The molecule has 1 heterocycles. The van der Waals surface area contributed by atoms with E-state index in [0.29, 0.717) is 57.8 Å². The highest BCUT2D eigenvalue weighted by Crippen LogP contribution is 2.20. The molecule has 0 radical (unpaired) electrons. The van der Waals surface area contributed by atoms with Gasteiger partial charge in [-0.1, -0.05) is 156 Å². The molecular formula is C55H102NO11+. The van der Waals surface area contributed by atoms with Gasteiger partial charge in [0.25, 0.3) is 0 Å². The first-order valence-corrected chi connectivity index (χ1v) is 27.9. The van der Waals surface area contributed by atoms with Crippen molar-refractivity contribution < 1.29 is 52.4 Å². The molecule has 0 aromatic carbocycles. The zero-order valence-corrected chi connectivity index (χ0v) is 43.6. The summed E-state index contributed by atoms with van der Waals surface area (Å²) in [7, 11) is 2.09. The van der Waals surface area contributed by atoms with Gasteiger partial charge in [0.05, 0.1) is 12.5 Å². The summed E-state index contributed by atoms with van der Waals surface area (Å²) < 4.78 is 33.4. The van der Waals surface area contributed by atoms with Crippen LogP contribution in [0.25, 0.3) is 0 Å². The molecule has 1 aliphatic rings. The normalized spacial score (nSPS) is 14.3. The van der Waals surface area contributed by atoms with Crippen LogP contribution in [0.3, 0.4) is 0 Å². The van der Waals surface area contributed by atoms with Gasteiger partial charge in [-0.3, -0.25) is 19.2 Å². The Balaban J connectivity index is 2.40. The molecule has 0 spiro atoms. The van der Waals surface area contributed by atoms with Crippen molar-refractivity contribution in [1.82, 2.24) is 4.90 Å². The van der Waals surface area contributed by atoms with Gasteiger partial charge in [0, 0.05) is 38.1 Å². The van der Waals surface area contributed by atoms with E-state index in [0.717, 1.165) is 90.0 Å². The first-order valence-electron chi connectivity index (χ1n) is 27.9. The summed E-state index contributed by atoms with van der Waals surface area (Å²) in [6.07, 6.45) is 36.0. The van der Waals surface area contributed by atoms with Gasteiger partial charge in [-0.25, -0.2) is 0 Å². The van der Waals surface area contributed by atoms with Crippen LogP contribution in [0.15, 0.2) is 0 Å². The minimum atomic E-state index is -0.547. The maximum atomic E-state index is 12.8. The smallest absolute Gasteiger partial charge is 0.466 e. The summed E-state index contributed by atoms with van der Waals surface area (Å²) in [5.41, 5.74) is 0. The molecule has 2 atom stereocenters. The highest BCUT2D eigenvalue weighted by Gasteiger charge is 2.26. The quantitative estimate of drug-likeness (QED) is 0.0248. The van der Waals surface area contributed by atoms with Crippen LogP contribution in [-0.4, -0.2) is 98.5 Å². The van der Waals surface area contributed by atoms with Crippen molar-refractivity contribution in [3.63, 3.8) is 0 Å².